The van der Waals surface area contributed by atoms with Gasteiger partial charge in [0.25, 0.3) is 0 Å². The molecule has 3 nitrogen and oxygen atoms in total. The van der Waals surface area contributed by atoms with Crippen LogP contribution in [0.2, 0.25) is 0 Å². The normalized spacial score (nSPS) is 19.8. The molecule has 2 aliphatic rings. The maximum Gasteiger partial charge on any atom is 0.0400 e. The van der Waals surface area contributed by atoms with Crippen LogP contribution in [0.15, 0.2) is 54.6 Å². The van der Waals surface area contributed by atoms with Gasteiger partial charge in [0.1, 0.15) is 0 Å². The molecule has 1 aliphatic carbocycles. The second-order valence-electron chi connectivity index (χ2n) is 7.03. The lowest BCUT2D eigenvalue weighted by Crippen LogP contribution is -2.45. The number of benzene rings is 2. The minimum absolute atomic E-state index is 0.621. The summed E-state index contributed by atoms with van der Waals surface area (Å²) in [7, 11) is 0. The molecule has 0 aromatic heterocycles. The van der Waals surface area contributed by atoms with E-state index < -0.39 is 0 Å². The molecule has 0 bridgehead atoms. The zero-order valence-corrected chi connectivity index (χ0v) is 14.2. The molecular formula is C21H27N3. The highest BCUT2D eigenvalue weighted by atomic mass is 15.2. The third-order valence-corrected chi connectivity index (χ3v) is 5.21. The Kier molecular flexibility index (Phi) is 4.81. The van der Waals surface area contributed by atoms with Gasteiger partial charge in [-0.25, -0.2) is 0 Å². The Hall–Kier alpha value is -1.84. The molecule has 2 aromatic rings. The van der Waals surface area contributed by atoms with Gasteiger partial charge in [-0.1, -0.05) is 42.5 Å². The number of hydrogen-bond acceptors (Lipinski definition) is 3. The van der Waals surface area contributed by atoms with Crippen molar-refractivity contribution in [3.63, 3.8) is 0 Å². The summed E-state index contributed by atoms with van der Waals surface area (Å²) in [6, 6.07) is 20.3. The van der Waals surface area contributed by atoms with Gasteiger partial charge in [-0.15, -0.1) is 0 Å². The van der Waals surface area contributed by atoms with Crippen molar-refractivity contribution in [1.82, 2.24) is 10.2 Å². The molecule has 0 spiro atoms. The van der Waals surface area contributed by atoms with Crippen molar-refractivity contribution in [2.24, 2.45) is 5.92 Å². The van der Waals surface area contributed by atoms with Gasteiger partial charge in [-0.05, 0) is 42.0 Å². The van der Waals surface area contributed by atoms with Crippen molar-refractivity contribution in [2.45, 2.75) is 25.4 Å². The van der Waals surface area contributed by atoms with Gasteiger partial charge >= 0.3 is 0 Å². The zero-order chi connectivity index (χ0) is 16.2. The SMILES string of the molecule is c1ccc(CNc2ccc([C@H](C3CC3)N3CCNCC3)cc2)cc1. The van der Waals surface area contributed by atoms with E-state index in [4.69, 9.17) is 0 Å². The highest BCUT2D eigenvalue weighted by molar-refractivity contribution is 5.46. The summed E-state index contributed by atoms with van der Waals surface area (Å²) in [5.41, 5.74) is 4.01. The van der Waals surface area contributed by atoms with E-state index in [0.717, 1.165) is 25.6 Å². The molecule has 1 atom stereocenters. The first kappa shape index (κ1) is 15.7. The van der Waals surface area contributed by atoms with Crippen LogP contribution in [-0.4, -0.2) is 31.1 Å². The van der Waals surface area contributed by atoms with E-state index in [1.165, 1.54) is 42.7 Å². The van der Waals surface area contributed by atoms with Gasteiger partial charge < -0.3 is 10.6 Å². The minimum atomic E-state index is 0.621. The molecular weight excluding hydrogens is 294 g/mol. The molecule has 0 unspecified atom stereocenters. The summed E-state index contributed by atoms with van der Waals surface area (Å²) >= 11 is 0. The lowest BCUT2D eigenvalue weighted by Gasteiger charge is -2.35. The van der Waals surface area contributed by atoms with Crippen molar-refractivity contribution in [1.29, 1.82) is 0 Å². The molecule has 4 rings (SSSR count). The largest absolute Gasteiger partial charge is 0.381 e. The quantitative estimate of drug-likeness (QED) is 0.850. The molecule has 3 heteroatoms. The smallest absolute Gasteiger partial charge is 0.0400 e. The van der Waals surface area contributed by atoms with Gasteiger partial charge in [0, 0.05) is 44.5 Å². The van der Waals surface area contributed by atoms with E-state index in [1.54, 1.807) is 0 Å². The first-order valence-corrected chi connectivity index (χ1v) is 9.23. The number of rotatable bonds is 6. The first-order valence-electron chi connectivity index (χ1n) is 9.23. The average molecular weight is 321 g/mol. The lowest BCUT2D eigenvalue weighted by atomic mass is 9.99. The molecule has 0 radical (unpaired) electrons. The van der Waals surface area contributed by atoms with Crippen LogP contribution in [0.4, 0.5) is 5.69 Å². The van der Waals surface area contributed by atoms with Gasteiger partial charge in [0.15, 0.2) is 0 Å². The summed E-state index contributed by atoms with van der Waals surface area (Å²) in [6.45, 7) is 5.48. The molecule has 1 saturated carbocycles. The van der Waals surface area contributed by atoms with Crippen molar-refractivity contribution in [3.05, 3.63) is 65.7 Å². The number of piperazine rings is 1. The maximum atomic E-state index is 3.53. The van der Waals surface area contributed by atoms with Gasteiger partial charge in [0.05, 0.1) is 0 Å². The van der Waals surface area contributed by atoms with E-state index in [2.05, 4.69) is 70.1 Å². The maximum absolute atomic E-state index is 3.53. The molecule has 2 N–H and O–H groups in total. The molecule has 1 heterocycles. The van der Waals surface area contributed by atoms with Crippen LogP contribution in [0.3, 0.4) is 0 Å². The summed E-state index contributed by atoms with van der Waals surface area (Å²) in [4.78, 5) is 2.68. The van der Waals surface area contributed by atoms with E-state index in [1.807, 2.05) is 0 Å². The summed E-state index contributed by atoms with van der Waals surface area (Å²) in [5.74, 6) is 0.867. The molecule has 1 aliphatic heterocycles. The highest BCUT2D eigenvalue weighted by Gasteiger charge is 2.36. The molecule has 24 heavy (non-hydrogen) atoms. The van der Waals surface area contributed by atoms with E-state index in [-0.39, 0.29) is 0 Å². The van der Waals surface area contributed by atoms with Crippen LogP contribution in [0, 0.1) is 5.92 Å². The molecule has 2 fully saturated rings. The predicted octanol–water partition coefficient (Wildman–Crippen LogP) is 3.66. The second-order valence-corrected chi connectivity index (χ2v) is 7.03. The van der Waals surface area contributed by atoms with E-state index in [0.29, 0.717) is 6.04 Å². The van der Waals surface area contributed by atoms with Crippen LogP contribution >= 0.6 is 0 Å². The Balaban J connectivity index is 1.42. The average Bonchev–Trinajstić information content (AvgIpc) is 3.48. The predicted molar refractivity (Wildman–Crippen MR) is 100 cm³/mol. The van der Waals surface area contributed by atoms with Crippen LogP contribution in [0.25, 0.3) is 0 Å². The van der Waals surface area contributed by atoms with Crippen molar-refractivity contribution < 1.29 is 0 Å². The summed E-state index contributed by atoms with van der Waals surface area (Å²) in [6.07, 6.45) is 2.78. The fraction of sp³-hybridized carbons (Fsp3) is 0.429. The third kappa shape index (κ3) is 3.80. The van der Waals surface area contributed by atoms with Crippen LogP contribution in [0.5, 0.6) is 0 Å². The fourth-order valence-electron chi connectivity index (χ4n) is 3.75. The lowest BCUT2D eigenvalue weighted by molar-refractivity contribution is 0.156. The topological polar surface area (TPSA) is 27.3 Å². The monoisotopic (exact) mass is 321 g/mol. The van der Waals surface area contributed by atoms with Crippen molar-refractivity contribution in [2.75, 3.05) is 31.5 Å². The van der Waals surface area contributed by atoms with Gasteiger partial charge in [0.2, 0.25) is 0 Å². The van der Waals surface area contributed by atoms with E-state index >= 15 is 0 Å². The zero-order valence-electron chi connectivity index (χ0n) is 14.2. The van der Waals surface area contributed by atoms with Crippen LogP contribution < -0.4 is 10.6 Å². The molecule has 0 amide bonds. The molecule has 2 aromatic carbocycles. The fourth-order valence-corrected chi connectivity index (χ4v) is 3.75. The van der Waals surface area contributed by atoms with Gasteiger partial charge in [-0.2, -0.15) is 0 Å². The Labute approximate surface area is 145 Å². The van der Waals surface area contributed by atoms with E-state index in [9.17, 15) is 0 Å². The Morgan fingerprint density at radius 3 is 2.33 bits per heavy atom. The molecule has 1 saturated heterocycles. The Morgan fingerprint density at radius 1 is 0.958 bits per heavy atom. The standard InChI is InChI=1S/C21H27N3/c1-2-4-17(5-3-1)16-23-20-10-8-19(9-11-20)21(18-6-7-18)24-14-12-22-13-15-24/h1-5,8-11,18,21-23H,6-7,12-16H2/t21-/m0/s1. The summed E-state index contributed by atoms with van der Waals surface area (Å²) in [5, 5.41) is 7.00. The number of anilines is 1. The Bertz CT molecular complexity index is 628. The van der Waals surface area contributed by atoms with Crippen molar-refractivity contribution >= 4 is 5.69 Å². The van der Waals surface area contributed by atoms with Gasteiger partial charge in [-0.3, -0.25) is 4.90 Å². The number of nitrogens with zero attached hydrogens (tertiary/aromatic N) is 1. The number of hydrogen-bond donors (Lipinski definition) is 2. The van der Waals surface area contributed by atoms with Crippen molar-refractivity contribution in [3.8, 4) is 0 Å². The second kappa shape index (κ2) is 7.37. The minimum Gasteiger partial charge on any atom is -0.381 e. The number of nitrogens with one attached hydrogen (secondary N) is 2. The third-order valence-electron chi connectivity index (χ3n) is 5.21. The first-order chi connectivity index (χ1) is 11.9. The molecule has 126 valence electrons. The van der Waals surface area contributed by atoms with Crippen LogP contribution in [0.1, 0.15) is 30.0 Å². The Morgan fingerprint density at radius 2 is 1.67 bits per heavy atom. The van der Waals surface area contributed by atoms with Crippen LogP contribution in [-0.2, 0) is 6.54 Å². The summed E-state index contributed by atoms with van der Waals surface area (Å²) < 4.78 is 0. The highest BCUT2D eigenvalue weighted by Crippen LogP contribution is 2.44.